The van der Waals surface area contributed by atoms with E-state index in [0.29, 0.717) is 32.4 Å². The summed E-state index contributed by atoms with van der Waals surface area (Å²) >= 11 is 1.30. The van der Waals surface area contributed by atoms with Gasteiger partial charge in [0.2, 0.25) is 0 Å². The second-order valence-electron chi connectivity index (χ2n) is 7.04. The molecule has 0 spiro atoms. The maximum atomic E-state index is 13.3. The normalized spacial score (nSPS) is 10.6. The molecule has 0 saturated heterocycles. The zero-order chi connectivity index (χ0) is 22.3. The Hall–Kier alpha value is -3.10. The van der Waals surface area contributed by atoms with Crippen molar-refractivity contribution in [2.24, 2.45) is 0 Å². The highest BCUT2D eigenvalue weighted by Crippen LogP contribution is 2.39. The molecule has 3 aromatic rings. The van der Waals surface area contributed by atoms with Crippen molar-refractivity contribution in [3.05, 3.63) is 59.9 Å². The highest BCUT2D eigenvalue weighted by Gasteiger charge is 2.21. The van der Waals surface area contributed by atoms with Crippen molar-refractivity contribution < 1.29 is 23.8 Å². The topological polar surface area (TPSA) is 88.5 Å². The lowest BCUT2D eigenvalue weighted by Gasteiger charge is -2.19. The van der Waals surface area contributed by atoms with Crippen molar-refractivity contribution in [1.82, 2.24) is 4.98 Å². The number of aromatic nitrogens is 1. The number of nitrogens with zero attached hydrogens (tertiary/aromatic N) is 1. The zero-order valence-corrected chi connectivity index (χ0v) is 17.9. The summed E-state index contributed by atoms with van der Waals surface area (Å²) in [7, 11) is 1.00. The smallest absolute Gasteiger partial charge is 0.413 e. The van der Waals surface area contributed by atoms with E-state index >= 15 is 0 Å². The molecule has 0 bridgehead atoms. The van der Waals surface area contributed by atoms with Crippen LogP contribution in [-0.4, -0.2) is 35.2 Å². The largest absolute Gasteiger partial charge is 0.444 e. The average molecular weight is 431 g/mol. The Bertz CT molecular complexity index is 1010. The Morgan fingerprint density at radius 3 is 2.37 bits per heavy atom. The van der Waals surface area contributed by atoms with Crippen LogP contribution in [0.3, 0.4) is 0 Å². The molecule has 8 heteroatoms. The number of aliphatic hydroxyl groups excluding tert-OH is 1. The number of aldehydes is 1. The van der Waals surface area contributed by atoms with Gasteiger partial charge in [-0.25, -0.2) is 14.2 Å². The lowest BCUT2D eigenvalue weighted by molar-refractivity contribution is 0.0635. The molecule has 158 valence electrons. The Kier molecular flexibility index (Phi) is 7.79. The van der Waals surface area contributed by atoms with Crippen LogP contribution in [0.4, 0.5) is 15.0 Å². The van der Waals surface area contributed by atoms with Crippen LogP contribution >= 0.6 is 11.3 Å². The molecule has 6 nitrogen and oxygen atoms in total. The molecule has 2 aromatic carbocycles. The summed E-state index contributed by atoms with van der Waals surface area (Å²) in [4.78, 5) is 28.8. The van der Waals surface area contributed by atoms with Crippen LogP contribution < -0.4 is 5.32 Å². The first kappa shape index (κ1) is 23.2. The number of carbonyl (C=O) groups is 2. The van der Waals surface area contributed by atoms with Crippen molar-refractivity contribution in [1.29, 1.82) is 0 Å². The van der Waals surface area contributed by atoms with Crippen molar-refractivity contribution in [3.63, 3.8) is 0 Å². The maximum absolute atomic E-state index is 13.3. The molecule has 0 aliphatic heterocycles. The van der Waals surface area contributed by atoms with E-state index in [-0.39, 0.29) is 5.82 Å². The van der Waals surface area contributed by atoms with Crippen LogP contribution in [0.2, 0.25) is 0 Å². The molecule has 0 fully saturated rings. The van der Waals surface area contributed by atoms with Crippen LogP contribution in [0.1, 0.15) is 31.1 Å². The molecule has 0 saturated carbocycles. The molecular weight excluding hydrogens is 407 g/mol. The van der Waals surface area contributed by atoms with Gasteiger partial charge in [0.1, 0.15) is 16.4 Å². The van der Waals surface area contributed by atoms with Crippen LogP contribution in [0.25, 0.3) is 21.0 Å². The van der Waals surface area contributed by atoms with Crippen molar-refractivity contribution in [2.45, 2.75) is 26.4 Å². The molecule has 0 radical (unpaired) electrons. The van der Waals surface area contributed by atoms with E-state index < -0.39 is 11.7 Å². The molecule has 2 N–H and O–H groups in total. The van der Waals surface area contributed by atoms with Gasteiger partial charge < -0.3 is 9.84 Å². The molecule has 1 aromatic heterocycles. The summed E-state index contributed by atoms with van der Waals surface area (Å²) in [5.41, 5.74) is 1.18. The SMILES string of the molecule is CC(C)(C)OC(=O)Nc1nc(-c2ccccc2C=O)sc1-c1ccc(F)cc1.CO. The molecule has 0 aliphatic carbocycles. The van der Waals surface area contributed by atoms with Crippen LogP contribution in [0.15, 0.2) is 48.5 Å². The van der Waals surface area contributed by atoms with E-state index in [9.17, 15) is 14.0 Å². The van der Waals surface area contributed by atoms with Gasteiger partial charge in [0, 0.05) is 18.2 Å². The predicted molar refractivity (Wildman–Crippen MR) is 116 cm³/mol. The van der Waals surface area contributed by atoms with Crippen molar-refractivity contribution in [3.8, 4) is 21.0 Å². The Morgan fingerprint density at radius 1 is 1.13 bits per heavy atom. The number of thiazole rings is 1. The second-order valence-corrected chi connectivity index (χ2v) is 8.03. The monoisotopic (exact) mass is 430 g/mol. The minimum Gasteiger partial charge on any atom is -0.444 e. The van der Waals surface area contributed by atoms with Crippen molar-refractivity contribution in [2.75, 3.05) is 12.4 Å². The van der Waals surface area contributed by atoms with E-state index in [1.807, 2.05) is 6.07 Å². The summed E-state index contributed by atoms with van der Waals surface area (Å²) in [6, 6.07) is 13.0. The van der Waals surface area contributed by atoms with E-state index in [0.717, 1.165) is 13.4 Å². The van der Waals surface area contributed by atoms with Gasteiger partial charge in [-0.3, -0.25) is 10.1 Å². The van der Waals surface area contributed by atoms with Crippen LogP contribution in [-0.2, 0) is 4.74 Å². The second kappa shape index (κ2) is 10.1. The standard InChI is InChI=1S/C21H19FN2O3S.CH4O/c1-21(2,3)27-20(26)24-18-17(13-8-10-15(22)11-9-13)28-19(23-18)16-7-5-4-6-14(16)12-25;1-2/h4-12H,1-3H3,(H,24,26);2H,1H3. The van der Waals surface area contributed by atoms with E-state index in [4.69, 9.17) is 9.84 Å². The van der Waals surface area contributed by atoms with Gasteiger partial charge in [-0.1, -0.05) is 36.4 Å². The zero-order valence-electron chi connectivity index (χ0n) is 17.1. The molecule has 1 amide bonds. The maximum Gasteiger partial charge on any atom is 0.413 e. The molecule has 0 atom stereocenters. The number of nitrogens with one attached hydrogen (secondary N) is 1. The van der Waals surface area contributed by atoms with Gasteiger partial charge in [-0.2, -0.15) is 0 Å². The van der Waals surface area contributed by atoms with E-state index in [1.54, 1.807) is 51.1 Å². The van der Waals surface area contributed by atoms with Gasteiger partial charge in [0.05, 0.1) is 4.88 Å². The Labute approximate surface area is 178 Å². The number of ether oxygens (including phenoxy) is 1. The van der Waals surface area contributed by atoms with E-state index in [1.165, 1.54) is 23.5 Å². The van der Waals surface area contributed by atoms with Gasteiger partial charge in [0.15, 0.2) is 12.1 Å². The lowest BCUT2D eigenvalue weighted by atomic mass is 10.1. The number of amides is 1. The summed E-state index contributed by atoms with van der Waals surface area (Å²) < 4.78 is 18.6. The predicted octanol–water partition coefficient (Wildman–Crippen LogP) is 5.38. The molecule has 30 heavy (non-hydrogen) atoms. The first-order valence-corrected chi connectivity index (χ1v) is 9.84. The number of aliphatic hydroxyl groups is 1. The van der Waals surface area contributed by atoms with E-state index in [2.05, 4.69) is 10.3 Å². The van der Waals surface area contributed by atoms with Gasteiger partial charge in [-0.15, -0.1) is 11.3 Å². The molecule has 0 unspecified atom stereocenters. The third-order valence-corrected chi connectivity index (χ3v) is 4.81. The highest BCUT2D eigenvalue weighted by atomic mass is 32.1. The summed E-state index contributed by atoms with van der Waals surface area (Å²) in [6.07, 6.45) is 0.117. The Morgan fingerprint density at radius 2 is 1.77 bits per heavy atom. The van der Waals surface area contributed by atoms with Gasteiger partial charge in [-0.05, 0) is 38.5 Å². The summed E-state index contributed by atoms with van der Waals surface area (Å²) in [6.45, 7) is 5.29. The minimum absolute atomic E-state index is 0.293. The van der Waals surface area contributed by atoms with Crippen LogP contribution in [0.5, 0.6) is 0 Å². The summed E-state index contributed by atoms with van der Waals surface area (Å²) in [5, 5.41) is 10.2. The number of benzene rings is 2. The number of halogens is 1. The summed E-state index contributed by atoms with van der Waals surface area (Å²) in [5.74, 6) is -0.0667. The number of hydrogen-bond acceptors (Lipinski definition) is 6. The molecular formula is C22H23FN2O4S. The van der Waals surface area contributed by atoms with Gasteiger partial charge >= 0.3 is 6.09 Å². The van der Waals surface area contributed by atoms with Crippen LogP contribution in [0, 0.1) is 5.82 Å². The first-order valence-electron chi connectivity index (χ1n) is 9.03. The number of rotatable bonds is 4. The fraction of sp³-hybridized carbons (Fsp3) is 0.227. The number of hydrogen-bond donors (Lipinski definition) is 2. The third-order valence-electron chi connectivity index (χ3n) is 3.67. The minimum atomic E-state index is -0.664. The number of anilines is 1. The molecule has 0 aliphatic rings. The average Bonchev–Trinajstić information content (AvgIpc) is 3.12. The number of carbonyl (C=O) groups excluding carboxylic acids is 2. The lowest BCUT2D eigenvalue weighted by Crippen LogP contribution is -2.27. The molecule has 3 rings (SSSR count). The fourth-order valence-corrected chi connectivity index (χ4v) is 3.59. The van der Waals surface area contributed by atoms with Crippen molar-refractivity contribution >= 4 is 29.5 Å². The third kappa shape index (κ3) is 5.95. The molecule has 1 heterocycles. The first-order chi connectivity index (χ1) is 14.3. The van der Waals surface area contributed by atoms with Gasteiger partial charge in [0.25, 0.3) is 0 Å². The highest BCUT2D eigenvalue weighted by molar-refractivity contribution is 7.19. The Balaban J connectivity index is 0.00000155. The fourth-order valence-electron chi connectivity index (χ4n) is 2.51. The quantitative estimate of drug-likeness (QED) is 0.542.